The Balaban J connectivity index is 0.000000573. The van der Waals surface area contributed by atoms with Crippen molar-refractivity contribution < 1.29 is 24.2 Å². The third kappa shape index (κ3) is 16.1. The molecule has 0 bridgehead atoms. The van der Waals surface area contributed by atoms with Gasteiger partial charge in [0.25, 0.3) is 0 Å². The molecular formula is C30H42O5S2. The first-order chi connectivity index (χ1) is 17.5. The molecule has 0 unspecified atom stereocenters. The summed E-state index contributed by atoms with van der Waals surface area (Å²) in [5.41, 5.74) is 2.59. The Labute approximate surface area is 231 Å². The van der Waals surface area contributed by atoms with E-state index in [4.69, 9.17) is 9.84 Å². The van der Waals surface area contributed by atoms with Gasteiger partial charge in [-0.15, -0.1) is 23.5 Å². The molecule has 2 aromatic carbocycles. The Kier molecular flexibility index (Phi) is 18.3. The van der Waals surface area contributed by atoms with E-state index >= 15 is 0 Å². The molecule has 0 radical (unpaired) electrons. The van der Waals surface area contributed by atoms with Crippen LogP contribution in [0.4, 0.5) is 0 Å². The van der Waals surface area contributed by atoms with Crippen LogP contribution >= 0.6 is 23.5 Å². The van der Waals surface area contributed by atoms with Crippen LogP contribution < -0.4 is 0 Å². The summed E-state index contributed by atoms with van der Waals surface area (Å²) >= 11 is 3.55. The van der Waals surface area contributed by atoms with Crippen LogP contribution in [0.15, 0.2) is 86.0 Å². The molecule has 0 saturated heterocycles. The molecule has 0 amide bonds. The number of carbonyl (C=O) groups excluding carboxylic acids is 2. The summed E-state index contributed by atoms with van der Waals surface area (Å²) < 4.78 is 9.51. The van der Waals surface area contributed by atoms with Crippen molar-refractivity contribution in [3.63, 3.8) is 0 Å². The topological polar surface area (TPSA) is 72.8 Å². The Morgan fingerprint density at radius 3 is 1.54 bits per heavy atom. The van der Waals surface area contributed by atoms with E-state index in [1.54, 1.807) is 30.4 Å². The van der Waals surface area contributed by atoms with E-state index in [-0.39, 0.29) is 28.0 Å². The summed E-state index contributed by atoms with van der Waals surface area (Å²) in [5, 5.41) is 8.76. The SMILES string of the molecule is C=CC(=O)OCC.C=CC(=O)OCCSC(C)(C)c1ccccc1.CC(C)(SCCO)c1ccccc1. The van der Waals surface area contributed by atoms with Gasteiger partial charge in [0.15, 0.2) is 0 Å². The molecule has 37 heavy (non-hydrogen) atoms. The predicted octanol–water partition coefficient (Wildman–Crippen LogP) is 6.77. The van der Waals surface area contributed by atoms with Crippen molar-refractivity contribution in [3.05, 3.63) is 97.1 Å². The van der Waals surface area contributed by atoms with E-state index in [2.05, 4.69) is 82.0 Å². The molecule has 7 heteroatoms. The van der Waals surface area contributed by atoms with E-state index in [0.717, 1.165) is 17.6 Å². The number of aliphatic hydroxyl groups excluding tert-OH is 1. The van der Waals surface area contributed by atoms with Crippen molar-refractivity contribution in [2.75, 3.05) is 31.3 Å². The van der Waals surface area contributed by atoms with E-state index in [1.165, 1.54) is 17.2 Å². The van der Waals surface area contributed by atoms with Gasteiger partial charge in [-0.1, -0.05) is 73.8 Å². The fourth-order valence-electron chi connectivity index (χ4n) is 2.85. The number of rotatable bonds is 12. The average Bonchev–Trinajstić information content (AvgIpc) is 2.91. The largest absolute Gasteiger partial charge is 0.463 e. The maximum atomic E-state index is 10.9. The zero-order chi connectivity index (χ0) is 28.2. The van der Waals surface area contributed by atoms with Crippen LogP contribution in [0.2, 0.25) is 0 Å². The minimum atomic E-state index is -0.359. The first-order valence-corrected chi connectivity index (χ1v) is 14.1. The van der Waals surface area contributed by atoms with E-state index in [1.807, 2.05) is 24.3 Å². The Morgan fingerprint density at radius 2 is 1.19 bits per heavy atom. The van der Waals surface area contributed by atoms with Gasteiger partial charge in [0.1, 0.15) is 6.61 Å². The molecule has 0 atom stereocenters. The number of aliphatic hydroxyl groups is 1. The lowest BCUT2D eigenvalue weighted by Crippen LogP contribution is -2.14. The van der Waals surface area contributed by atoms with E-state index in [0.29, 0.717) is 13.2 Å². The average molecular weight is 547 g/mol. The monoisotopic (exact) mass is 546 g/mol. The summed E-state index contributed by atoms with van der Waals surface area (Å²) in [6.45, 7) is 18.1. The summed E-state index contributed by atoms with van der Waals surface area (Å²) in [5.74, 6) is 0.856. The maximum Gasteiger partial charge on any atom is 0.330 e. The fourth-order valence-corrected chi connectivity index (χ4v) is 4.73. The van der Waals surface area contributed by atoms with Gasteiger partial charge >= 0.3 is 11.9 Å². The molecule has 2 rings (SSSR count). The second-order valence-corrected chi connectivity index (χ2v) is 11.9. The second kappa shape index (κ2) is 19.6. The lowest BCUT2D eigenvalue weighted by Gasteiger charge is -2.24. The molecule has 0 spiro atoms. The molecule has 0 heterocycles. The smallest absolute Gasteiger partial charge is 0.330 e. The van der Waals surface area contributed by atoms with Crippen molar-refractivity contribution in [1.82, 2.24) is 0 Å². The molecule has 1 N–H and O–H groups in total. The highest BCUT2D eigenvalue weighted by Crippen LogP contribution is 2.35. The van der Waals surface area contributed by atoms with Crippen molar-refractivity contribution >= 4 is 35.5 Å². The molecule has 2 aromatic rings. The normalized spacial score (nSPS) is 10.5. The van der Waals surface area contributed by atoms with Crippen LogP contribution in [0.3, 0.4) is 0 Å². The number of ether oxygens (including phenoxy) is 2. The summed E-state index contributed by atoms with van der Waals surface area (Å²) in [7, 11) is 0. The summed E-state index contributed by atoms with van der Waals surface area (Å²) in [6, 6.07) is 20.7. The molecular weight excluding hydrogens is 504 g/mol. The van der Waals surface area contributed by atoms with Crippen molar-refractivity contribution in [3.8, 4) is 0 Å². The van der Waals surface area contributed by atoms with Crippen molar-refractivity contribution in [2.24, 2.45) is 0 Å². The molecule has 0 aliphatic rings. The number of thioether (sulfide) groups is 2. The lowest BCUT2D eigenvalue weighted by atomic mass is 10.0. The van der Waals surface area contributed by atoms with Crippen molar-refractivity contribution in [2.45, 2.75) is 44.1 Å². The van der Waals surface area contributed by atoms with Gasteiger partial charge in [0, 0.05) is 33.2 Å². The first kappa shape index (κ1) is 34.5. The van der Waals surface area contributed by atoms with Gasteiger partial charge in [-0.2, -0.15) is 0 Å². The lowest BCUT2D eigenvalue weighted by molar-refractivity contribution is -0.138. The Bertz CT molecular complexity index is 912. The molecule has 0 aliphatic heterocycles. The minimum absolute atomic E-state index is 0.0296. The fraction of sp³-hybridized carbons (Fsp3) is 0.400. The number of hydrogen-bond donors (Lipinski definition) is 1. The maximum absolute atomic E-state index is 10.9. The summed E-state index contributed by atoms with van der Waals surface area (Å²) in [6.07, 6.45) is 2.33. The highest BCUT2D eigenvalue weighted by atomic mass is 32.2. The molecule has 0 aromatic heterocycles. The van der Waals surface area contributed by atoms with Crippen LogP contribution in [0.25, 0.3) is 0 Å². The van der Waals surface area contributed by atoms with Crippen LogP contribution in [0.1, 0.15) is 45.7 Å². The first-order valence-electron chi connectivity index (χ1n) is 12.1. The van der Waals surface area contributed by atoms with Crippen LogP contribution in [0, 0.1) is 0 Å². The third-order valence-electron chi connectivity index (χ3n) is 4.90. The number of esters is 2. The molecule has 0 fully saturated rings. The van der Waals surface area contributed by atoms with Gasteiger partial charge in [0.05, 0.1) is 13.2 Å². The molecule has 0 saturated carbocycles. The highest BCUT2D eigenvalue weighted by molar-refractivity contribution is 8.00. The highest BCUT2D eigenvalue weighted by Gasteiger charge is 2.21. The van der Waals surface area contributed by atoms with Gasteiger partial charge in [-0.3, -0.25) is 0 Å². The van der Waals surface area contributed by atoms with Crippen LogP contribution in [-0.4, -0.2) is 48.4 Å². The minimum Gasteiger partial charge on any atom is -0.463 e. The van der Waals surface area contributed by atoms with Crippen LogP contribution in [-0.2, 0) is 28.6 Å². The zero-order valence-corrected chi connectivity index (χ0v) is 24.4. The molecule has 5 nitrogen and oxygen atoms in total. The molecule has 204 valence electrons. The third-order valence-corrected chi connectivity index (χ3v) is 7.57. The van der Waals surface area contributed by atoms with Gasteiger partial charge in [-0.05, 0) is 45.7 Å². The van der Waals surface area contributed by atoms with Gasteiger partial charge < -0.3 is 14.6 Å². The number of carbonyl (C=O) groups is 2. The standard InChI is InChI=1S/C14H18O2S.C11H16OS.C5H8O2/c1-4-13(15)16-10-11-17-14(2,3)12-8-6-5-7-9-12;1-11(2,13-9-8-12)10-6-4-3-5-7-10;1-3-5(6)7-4-2/h4-9H,1,10-11H2,2-3H3;3-7,12H,8-9H2,1-2H3;3H,1,4H2,2H3. The number of hydrogen-bond acceptors (Lipinski definition) is 7. The van der Waals surface area contributed by atoms with Crippen LogP contribution in [0.5, 0.6) is 0 Å². The van der Waals surface area contributed by atoms with Crippen molar-refractivity contribution in [1.29, 1.82) is 0 Å². The predicted molar refractivity (Wildman–Crippen MR) is 159 cm³/mol. The van der Waals surface area contributed by atoms with Gasteiger partial charge in [0.2, 0.25) is 0 Å². The molecule has 0 aliphatic carbocycles. The second-order valence-electron chi connectivity index (χ2n) is 8.50. The zero-order valence-electron chi connectivity index (χ0n) is 22.8. The number of benzene rings is 2. The summed E-state index contributed by atoms with van der Waals surface area (Å²) in [4.78, 5) is 20.9. The Hall–Kier alpha value is -2.48. The Morgan fingerprint density at radius 1 is 0.784 bits per heavy atom. The van der Waals surface area contributed by atoms with Gasteiger partial charge in [-0.25, -0.2) is 9.59 Å². The van der Waals surface area contributed by atoms with E-state index in [9.17, 15) is 9.59 Å². The van der Waals surface area contributed by atoms with E-state index < -0.39 is 0 Å². The quantitative estimate of drug-likeness (QED) is 0.179.